The van der Waals surface area contributed by atoms with Crippen molar-refractivity contribution in [2.24, 2.45) is 5.84 Å². The average Bonchev–Trinajstić information content (AvgIpc) is 2.42. The molecule has 2 aromatic rings. The van der Waals surface area contributed by atoms with Crippen LogP contribution in [0.5, 0.6) is 0 Å². The highest BCUT2D eigenvalue weighted by molar-refractivity contribution is 9.10. The van der Waals surface area contributed by atoms with E-state index in [2.05, 4.69) is 53.4 Å². The van der Waals surface area contributed by atoms with Crippen LogP contribution < -0.4 is 11.3 Å². The topological polar surface area (TPSA) is 38.0 Å². The van der Waals surface area contributed by atoms with Gasteiger partial charge in [0.05, 0.1) is 4.47 Å². The van der Waals surface area contributed by atoms with Crippen LogP contribution in [0.3, 0.4) is 0 Å². The highest BCUT2D eigenvalue weighted by Gasteiger charge is 2.13. The lowest BCUT2D eigenvalue weighted by Gasteiger charge is -2.18. The highest BCUT2D eigenvalue weighted by atomic mass is 79.9. The molecule has 0 aromatic heterocycles. The quantitative estimate of drug-likeness (QED) is 0.635. The molecule has 4 heteroatoms. The van der Waals surface area contributed by atoms with E-state index in [0.717, 1.165) is 12.0 Å². The summed E-state index contributed by atoms with van der Waals surface area (Å²) in [5.41, 5.74) is 7.49. The minimum absolute atomic E-state index is 0.0595. The van der Waals surface area contributed by atoms with Gasteiger partial charge >= 0.3 is 0 Å². The summed E-state index contributed by atoms with van der Waals surface area (Å²) in [4.78, 5) is 0. The maximum atomic E-state index is 13.6. The molecule has 2 nitrogen and oxygen atoms in total. The summed E-state index contributed by atoms with van der Waals surface area (Å²) in [6, 6.07) is 11.6. The zero-order chi connectivity index (χ0) is 15.4. The van der Waals surface area contributed by atoms with Gasteiger partial charge in [-0.25, -0.2) is 4.39 Å². The summed E-state index contributed by atoms with van der Waals surface area (Å²) in [5.74, 6) is 5.43. The molecular formula is C17H20BrFN2. The van der Waals surface area contributed by atoms with Gasteiger partial charge in [-0.2, -0.15) is 0 Å². The van der Waals surface area contributed by atoms with Gasteiger partial charge in [-0.1, -0.05) is 41.5 Å². The van der Waals surface area contributed by atoms with E-state index >= 15 is 0 Å². The Morgan fingerprint density at radius 3 is 2.43 bits per heavy atom. The lowest BCUT2D eigenvalue weighted by Crippen LogP contribution is -2.38. The first-order valence-electron chi connectivity index (χ1n) is 6.95. The van der Waals surface area contributed by atoms with Crippen molar-refractivity contribution >= 4 is 15.9 Å². The Hall–Kier alpha value is -1.23. The van der Waals surface area contributed by atoms with Gasteiger partial charge in [0.25, 0.3) is 0 Å². The minimum Gasteiger partial charge on any atom is -0.271 e. The molecule has 0 aliphatic heterocycles. The van der Waals surface area contributed by atoms with E-state index in [0.29, 0.717) is 10.9 Å². The zero-order valence-corrected chi connectivity index (χ0v) is 13.9. The number of nitrogens with two attached hydrogens (primary N) is 1. The summed E-state index contributed by atoms with van der Waals surface area (Å²) in [5, 5.41) is 0. The van der Waals surface area contributed by atoms with Gasteiger partial charge in [-0.3, -0.25) is 11.3 Å². The lowest BCUT2D eigenvalue weighted by atomic mass is 9.97. The molecule has 0 bridgehead atoms. The fourth-order valence-corrected chi connectivity index (χ4v) is 3.06. The lowest BCUT2D eigenvalue weighted by molar-refractivity contribution is 0.519. The van der Waals surface area contributed by atoms with Crippen molar-refractivity contribution in [3.05, 3.63) is 68.9 Å². The van der Waals surface area contributed by atoms with Gasteiger partial charge in [0.1, 0.15) is 5.82 Å². The second kappa shape index (κ2) is 7.16. The molecule has 0 saturated heterocycles. The number of aryl methyl sites for hydroxylation is 2. The third-order valence-corrected chi connectivity index (χ3v) is 4.39. The van der Waals surface area contributed by atoms with E-state index in [1.54, 1.807) is 6.07 Å². The van der Waals surface area contributed by atoms with Gasteiger partial charge in [0.2, 0.25) is 0 Å². The largest absolute Gasteiger partial charge is 0.271 e. The Balaban J connectivity index is 2.15. The monoisotopic (exact) mass is 350 g/mol. The summed E-state index contributed by atoms with van der Waals surface area (Å²) in [6.45, 7) is 4.18. The summed E-state index contributed by atoms with van der Waals surface area (Å²) >= 11 is 3.30. The van der Waals surface area contributed by atoms with E-state index in [9.17, 15) is 4.39 Å². The normalized spacial score (nSPS) is 12.4. The predicted molar refractivity (Wildman–Crippen MR) is 88.5 cm³/mol. The molecule has 112 valence electrons. The molecule has 0 spiro atoms. The van der Waals surface area contributed by atoms with Crippen LogP contribution >= 0.6 is 15.9 Å². The first kappa shape index (κ1) is 16.1. The molecule has 0 radical (unpaired) electrons. The SMILES string of the molecule is Cc1cc(C)cc(CC(Cc2cccc(F)c2Br)NN)c1. The van der Waals surface area contributed by atoms with Gasteiger partial charge in [0, 0.05) is 6.04 Å². The Morgan fingerprint density at radius 1 is 1.14 bits per heavy atom. The molecule has 0 aliphatic carbocycles. The number of benzene rings is 2. The van der Waals surface area contributed by atoms with Crippen LogP contribution in [0.4, 0.5) is 4.39 Å². The number of rotatable bonds is 5. The number of hydrogen-bond acceptors (Lipinski definition) is 2. The van der Waals surface area contributed by atoms with Crippen LogP contribution in [-0.4, -0.2) is 6.04 Å². The first-order chi connectivity index (χ1) is 9.99. The van der Waals surface area contributed by atoms with Crippen molar-refractivity contribution in [1.29, 1.82) is 0 Å². The first-order valence-corrected chi connectivity index (χ1v) is 7.75. The molecular weight excluding hydrogens is 331 g/mol. The molecule has 1 atom stereocenters. The van der Waals surface area contributed by atoms with E-state index in [4.69, 9.17) is 5.84 Å². The molecule has 2 aromatic carbocycles. The Labute approximate surface area is 133 Å². The number of halogens is 2. The van der Waals surface area contributed by atoms with Gasteiger partial charge in [-0.05, 0) is 59.8 Å². The Kier molecular flexibility index (Phi) is 5.51. The van der Waals surface area contributed by atoms with E-state index in [1.165, 1.54) is 22.8 Å². The van der Waals surface area contributed by atoms with E-state index in [1.807, 2.05) is 6.07 Å². The molecule has 2 rings (SSSR count). The zero-order valence-electron chi connectivity index (χ0n) is 12.3. The van der Waals surface area contributed by atoms with Crippen molar-refractivity contribution in [2.75, 3.05) is 0 Å². The standard InChI is InChI=1S/C17H20BrFN2/c1-11-6-12(2)8-13(7-11)9-15(21-20)10-14-4-3-5-16(19)17(14)18/h3-8,15,21H,9-10,20H2,1-2H3. The molecule has 0 amide bonds. The molecule has 0 fully saturated rings. The third-order valence-electron chi connectivity index (χ3n) is 3.50. The number of hydrazine groups is 1. The van der Waals surface area contributed by atoms with E-state index < -0.39 is 0 Å². The molecule has 21 heavy (non-hydrogen) atoms. The predicted octanol–water partition coefficient (Wildman–Crippen LogP) is 3.82. The minimum atomic E-state index is -0.241. The van der Waals surface area contributed by atoms with Crippen LogP contribution in [0.1, 0.15) is 22.3 Å². The second-order valence-electron chi connectivity index (χ2n) is 5.48. The van der Waals surface area contributed by atoms with Crippen molar-refractivity contribution in [3.8, 4) is 0 Å². The van der Waals surface area contributed by atoms with Gasteiger partial charge in [0.15, 0.2) is 0 Å². The average molecular weight is 351 g/mol. The number of nitrogens with one attached hydrogen (secondary N) is 1. The molecule has 0 heterocycles. The second-order valence-corrected chi connectivity index (χ2v) is 6.27. The van der Waals surface area contributed by atoms with E-state index in [-0.39, 0.29) is 11.9 Å². The van der Waals surface area contributed by atoms with Gasteiger partial charge in [-0.15, -0.1) is 0 Å². The Bertz CT molecular complexity index is 608. The molecule has 3 N–H and O–H groups in total. The molecule has 1 unspecified atom stereocenters. The summed E-state index contributed by atoms with van der Waals surface area (Å²) < 4.78 is 14.1. The van der Waals surface area contributed by atoms with Crippen molar-refractivity contribution in [3.63, 3.8) is 0 Å². The number of hydrogen-bond donors (Lipinski definition) is 2. The molecule has 0 aliphatic rings. The smallest absolute Gasteiger partial charge is 0.137 e. The highest BCUT2D eigenvalue weighted by Crippen LogP contribution is 2.22. The van der Waals surface area contributed by atoms with Crippen molar-refractivity contribution < 1.29 is 4.39 Å². The van der Waals surface area contributed by atoms with Crippen LogP contribution in [0.2, 0.25) is 0 Å². The van der Waals surface area contributed by atoms with Crippen LogP contribution in [-0.2, 0) is 12.8 Å². The summed E-state index contributed by atoms with van der Waals surface area (Å²) in [7, 11) is 0. The fraction of sp³-hybridized carbons (Fsp3) is 0.294. The Morgan fingerprint density at radius 2 is 1.81 bits per heavy atom. The van der Waals surface area contributed by atoms with Gasteiger partial charge < -0.3 is 0 Å². The van der Waals surface area contributed by atoms with Crippen molar-refractivity contribution in [2.45, 2.75) is 32.7 Å². The maximum absolute atomic E-state index is 13.6. The fourth-order valence-electron chi connectivity index (χ4n) is 2.63. The maximum Gasteiger partial charge on any atom is 0.137 e. The van der Waals surface area contributed by atoms with Crippen LogP contribution in [0.25, 0.3) is 0 Å². The van der Waals surface area contributed by atoms with Crippen molar-refractivity contribution in [1.82, 2.24) is 5.43 Å². The van der Waals surface area contributed by atoms with Crippen LogP contribution in [0, 0.1) is 19.7 Å². The third kappa shape index (κ3) is 4.37. The van der Waals surface area contributed by atoms with Crippen LogP contribution in [0.15, 0.2) is 40.9 Å². The molecule has 0 saturated carbocycles. The summed E-state index contributed by atoms with van der Waals surface area (Å²) in [6.07, 6.45) is 1.48.